The number of esters is 1. The summed E-state index contributed by atoms with van der Waals surface area (Å²) in [6, 6.07) is -0.227. The van der Waals surface area contributed by atoms with Crippen molar-refractivity contribution in [1.29, 1.82) is 0 Å². The van der Waals surface area contributed by atoms with E-state index in [0.717, 1.165) is 0 Å². The monoisotopic (exact) mass is 304 g/mol. The molecule has 0 aromatic carbocycles. The molecular formula is C12H17ClN2O5. The van der Waals surface area contributed by atoms with Gasteiger partial charge >= 0.3 is 12.1 Å². The molecule has 0 saturated carbocycles. The fraction of sp³-hybridized carbons (Fsp3) is 0.750. The van der Waals surface area contributed by atoms with Crippen LogP contribution in [0.5, 0.6) is 0 Å². The van der Waals surface area contributed by atoms with E-state index in [1.807, 2.05) is 0 Å². The van der Waals surface area contributed by atoms with Crippen LogP contribution < -0.4 is 0 Å². The summed E-state index contributed by atoms with van der Waals surface area (Å²) in [6.45, 7) is 6.08. The first-order chi connectivity index (χ1) is 9.25. The Balaban J connectivity index is 1.83. The van der Waals surface area contributed by atoms with E-state index in [9.17, 15) is 9.59 Å². The van der Waals surface area contributed by atoms with Crippen molar-refractivity contribution < 1.29 is 23.9 Å². The summed E-state index contributed by atoms with van der Waals surface area (Å²) < 4.78 is 9.88. The van der Waals surface area contributed by atoms with Gasteiger partial charge in [-0.3, -0.25) is 4.90 Å². The summed E-state index contributed by atoms with van der Waals surface area (Å²) in [4.78, 5) is 30.0. The Morgan fingerprint density at radius 1 is 1.45 bits per heavy atom. The lowest BCUT2D eigenvalue weighted by Gasteiger charge is -2.45. The van der Waals surface area contributed by atoms with Gasteiger partial charge in [0.2, 0.25) is 0 Å². The Bertz CT molecular complexity index is 451. The van der Waals surface area contributed by atoms with Crippen molar-refractivity contribution in [3.05, 3.63) is 0 Å². The van der Waals surface area contributed by atoms with Crippen LogP contribution in [0, 0.1) is 0 Å². The smallest absolute Gasteiger partial charge is 0.410 e. The van der Waals surface area contributed by atoms with Crippen molar-refractivity contribution >= 4 is 29.4 Å². The summed E-state index contributed by atoms with van der Waals surface area (Å²) in [5, 5.41) is 3.70. The molecule has 0 N–H and O–H groups in total. The Morgan fingerprint density at radius 3 is 2.65 bits per heavy atom. The maximum absolute atomic E-state index is 11.8. The van der Waals surface area contributed by atoms with Gasteiger partial charge in [-0.15, -0.1) is 0 Å². The van der Waals surface area contributed by atoms with Gasteiger partial charge in [0.15, 0.2) is 17.4 Å². The number of hydrogen-bond acceptors (Lipinski definition) is 6. The molecule has 0 radical (unpaired) electrons. The Kier molecular flexibility index (Phi) is 3.82. The van der Waals surface area contributed by atoms with Crippen LogP contribution in [-0.2, 0) is 19.1 Å². The standard InChI is InChI=1S/C12H17ClN2O5/c1-11(2,3)19-10(17)15-5-12(6-15)4-8(14-20-12)9(16)18-7-13/h4-7H2,1-3H3. The first-order valence-electron chi connectivity index (χ1n) is 6.21. The minimum absolute atomic E-state index is 0.189. The van der Waals surface area contributed by atoms with Crippen molar-refractivity contribution in [1.82, 2.24) is 4.90 Å². The van der Waals surface area contributed by atoms with Crippen molar-refractivity contribution in [3.8, 4) is 0 Å². The molecule has 20 heavy (non-hydrogen) atoms. The molecular weight excluding hydrogens is 288 g/mol. The third-order valence-corrected chi connectivity index (χ3v) is 2.98. The topological polar surface area (TPSA) is 77.4 Å². The number of oxime groups is 1. The highest BCUT2D eigenvalue weighted by molar-refractivity contribution is 6.37. The number of likely N-dealkylation sites (tertiary alicyclic amines) is 1. The van der Waals surface area contributed by atoms with Crippen molar-refractivity contribution in [2.75, 3.05) is 19.2 Å². The highest BCUT2D eigenvalue weighted by atomic mass is 35.5. The molecule has 1 fully saturated rings. The average Bonchev–Trinajstić information content (AvgIpc) is 2.69. The second kappa shape index (κ2) is 5.12. The third-order valence-electron chi connectivity index (χ3n) is 2.87. The third kappa shape index (κ3) is 3.15. The van der Waals surface area contributed by atoms with E-state index >= 15 is 0 Å². The lowest BCUT2D eigenvalue weighted by molar-refractivity contribution is -0.133. The van der Waals surface area contributed by atoms with Crippen LogP contribution in [0.25, 0.3) is 0 Å². The molecule has 8 heteroatoms. The molecule has 0 aliphatic carbocycles. The van der Waals surface area contributed by atoms with Gasteiger partial charge in [-0.1, -0.05) is 16.8 Å². The normalized spacial score (nSPS) is 20.0. The number of rotatable bonds is 2. The molecule has 0 aromatic rings. The second-order valence-electron chi connectivity index (χ2n) is 5.87. The van der Waals surface area contributed by atoms with Gasteiger partial charge < -0.3 is 14.3 Å². The molecule has 2 rings (SSSR count). The van der Waals surface area contributed by atoms with Crippen LogP contribution in [0.4, 0.5) is 4.79 Å². The maximum atomic E-state index is 11.8. The molecule has 2 aliphatic heterocycles. The fourth-order valence-corrected chi connectivity index (χ4v) is 2.14. The zero-order valence-corrected chi connectivity index (χ0v) is 12.4. The van der Waals surface area contributed by atoms with Gasteiger partial charge in [0, 0.05) is 6.42 Å². The number of halogens is 1. The number of ether oxygens (including phenoxy) is 2. The molecule has 0 bridgehead atoms. The fourth-order valence-electron chi connectivity index (χ4n) is 2.04. The van der Waals surface area contributed by atoms with E-state index in [-0.39, 0.29) is 11.8 Å². The van der Waals surface area contributed by atoms with Crippen LogP contribution >= 0.6 is 11.6 Å². The predicted octanol–water partition coefficient (Wildman–Crippen LogP) is 1.49. The maximum Gasteiger partial charge on any atom is 0.410 e. The molecule has 2 aliphatic rings. The highest BCUT2D eigenvalue weighted by Crippen LogP contribution is 2.34. The van der Waals surface area contributed by atoms with Gasteiger partial charge in [0.05, 0.1) is 13.1 Å². The SMILES string of the molecule is CC(C)(C)OC(=O)N1CC2(CC(C(=O)OCCl)=NO2)C1. The largest absolute Gasteiger partial charge is 0.445 e. The quantitative estimate of drug-likeness (QED) is 0.570. The number of nitrogens with zero attached hydrogens (tertiary/aromatic N) is 2. The first kappa shape index (κ1) is 14.9. The molecule has 1 amide bonds. The second-order valence-corrected chi connectivity index (χ2v) is 6.08. The minimum Gasteiger partial charge on any atom is -0.445 e. The van der Waals surface area contributed by atoms with Crippen molar-refractivity contribution in [2.45, 2.75) is 38.4 Å². The van der Waals surface area contributed by atoms with Crippen LogP contribution in [0.1, 0.15) is 27.2 Å². The van der Waals surface area contributed by atoms with Crippen LogP contribution in [0.15, 0.2) is 5.16 Å². The predicted molar refractivity (Wildman–Crippen MR) is 70.5 cm³/mol. The molecule has 1 spiro atoms. The van der Waals surface area contributed by atoms with E-state index in [1.165, 1.54) is 4.90 Å². The van der Waals surface area contributed by atoms with E-state index in [4.69, 9.17) is 21.2 Å². The van der Waals surface area contributed by atoms with Crippen molar-refractivity contribution in [2.24, 2.45) is 5.16 Å². The lowest BCUT2D eigenvalue weighted by Crippen LogP contribution is -2.64. The van der Waals surface area contributed by atoms with Crippen LogP contribution in [-0.4, -0.2) is 53.0 Å². The Labute approximate surface area is 121 Å². The molecule has 0 atom stereocenters. The van der Waals surface area contributed by atoms with E-state index in [2.05, 4.69) is 9.89 Å². The Morgan fingerprint density at radius 2 is 2.10 bits per heavy atom. The first-order valence-corrected chi connectivity index (χ1v) is 6.74. The van der Waals surface area contributed by atoms with E-state index < -0.39 is 23.3 Å². The summed E-state index contributed by atoms with van der Waals surface area (Å²) in [5.41, 5.74) is -0.978. The number of carbonyl (C=O) groups excluding carboxylic acids is 2. The minimum atomic E-state index is -0.627. The molecule has 112 valence electrons. The molecule has 2 heterocycles. The highest BCUT2D eigenvalue weighted by Gasteiger charge is 2.53. The summed E-state index contributed by atoms with van der Waals surface area (Å²) in [5.74, 6) is -0.590. The number of hydrogen-bond donors (Lipinski definition) is 0. The van der Waals surface area contributed by atoms with Gasteiger partial charge in [0.1, 0.15) is 5.60 Å². The number of alkyl halides is 1. The molecule has 7 nitrogen and oxygen atoms in total. The van der Waals surface area contributed by atoms with Gasteiger partial charge in [0.25, 0.3) is 0 Å². The van der Waals surface area contributed by atoms with Crippen molar-refractivity contribution in [3.63, 3.8) is 0 Å². The van der Waals surface area contributed by atoms with Crippen LogP contribution in [0.3, 0.4) is 0 Å². The summed E-state index contributed by atoms with van der Waals surface area (Å²) >= 11 is 5.31. The molecule has 1 saturated heterocycles. The zero-order chi connectivity index (χ0) is 15.0. The molecule has 0 aromatic heterocycles. The Hall–Kier alpha value is -1.50. The summed E-state index contributed by atoms with van der Waals surface area (Å²) in [7, 11) is 0. The molecule has 0 unspecified atom stereocenters. The van der Waals surface area contributed by atoms with Crippen LogP contribution in [0.2, 0.25) is 0 Å². The number of amides is 1. The average molecular weight is 305 g/mol. The van der Waals surface area contributed by atoms with E-state index in [0.29, 0.717) is 19.5 Å². The zero-order valence-electron chi connectivity index (χ0n) is 11.6. The summed E-state index contributed by atoms with van der Waals surface area (Å²) in [6.07, 6.45) is -0.0920. The number of carbonyl (C=O) groups is 2. The lowest BCUT2D eigenvalue weighted by atomic mass is 9.89. The van der Waals surface area contributed by atoms with Gasteiger partial charge in [-0.05, 0) is 20.8 Å². The van der Waals surface area contributed by atoms with Gasteiger partial charge in [-0.2, -0.15) is 0 Å². The van der Waals surface area contributed by atoms with Gasteiger partial charge in [-0.25, -0.2) is 9.59 Å². The van der Waals surface area contributed by atoms with E-state index in [1.54, 1.807) is 20.8 Å².